The lowest BCUT2D eigenvalue weighted by atomic mass is 9.83. The fourth-order valence-electron chi connectivity index (χ4n) is 3.10. The summed E-state index contributed by atoms with van der Waals surface area (Å²) in [6.07, 6.45) is 5.56. The van der Waals surface area contributed by atoms with Gasteiger partial charge in [0, 0.05) is 12.5 Å². The summed E-state index contributed by atoms with van der Waals surface area (Å²) < 4.78 is 11.2. The highest BCUT2D eigenvalue weighted by atomic mass is 16.6. The van der Waals surface area contributed by atoms with E-state index in [1.54, 1.807) is 0 Å². The summed E-state index contributed by atoms with van der Waals surface area (Å²) in [7, 11) is 0. The molecule has 0 saturated carbocycles. The number of carbonyl (C=O) groups excluding carboxylic acids is 1. The van der Waals surface area contributed by atoms with E-state index >= 15 is 0 Å². The van der Waals surface area contributed by atoms with Crippen LogP contribution in [0, 0.1) is 0 Å². The summed E-state index contributed by atoms with van der Waals surface area (Å²) >= 11 is 0. The average molecular weight is 338 g/mol. The van der Waals surface area contributed by atoms with Gasteiger partial charge in [-0.3, -0.25) is 0 Å². The van der Waals surface area contributed by atoms with Crippen molar-refractivity contribution < 1.29 is 19.4 Å². The molecule has 0 aromatic heterocycles. The van der Waals surface area contributed by atoms with E-state index in [0.29, 0.717) is 18.6 Å². The van der Waals surface area contributed by atoms with Gasteiger partial charge in [0.25, 0.3) is 0 Å². The van der Waals surface area contributed by atoms with Gasteiger partial charge in [0.2, 0.25) is 0 Å². The number of ether oxygens (including phenoxy) is 2. The van der Waals surface area contributed by atoms with Gasteiger partial charge in [-0.15, -0.1) is 0 Å². The van der Waals surface area contributed by atoms with Crippen LogP contribution in [0.4, 0.5) is 0 Å². The fourth-order valence-corrected chi connectivity index (χ4v) is 3.10. The molecule has 0 fully saturated rings. The Morgan fingerprint density at radius 1 is 1.08 bits per heavy atom. The minimum atomic E-state index is -0.656. The van der Waals surface area contributed by atoms with Crippen molar-refractivity contribution in [3.05, 3.63) is 77.9 Å². The topological polar surface area (TPSA) is 55.8 Å². The van der Waals surface area contributed by atoms with Crippen LogP contribution in [0.15, 0.2) is 66.7 Å². The first-order valence-electron chi connectivity index (χ1n) is 8.49. The monoisotopic (exact) mass is 338 g/mol. The van der Waals surface area contributed by atoms with Gasteiger partial charge in [0.1, 0.15) is 18.0 Å². The Morgan fingerprint density at radius 2 is 1.84 bits per heavy atom. The molecule has 2 aromatic rings. The van der Waals surface area contributed by atoms with Crippen molar-refractivity contribution in [1.29, 1.82) is 0 Å². The third kappa shape index (κ3) is 4.28. The number of aliphatic hydroxyl groups is 1. The van der Waals surface area contributed by atoms with Crippen LogP contribution in [-0.4, -0.2) is 24.3 Å². The molecule has 3 rings (SSSR count). The van der Waals surface area contributed by atoms with Crippen molar-refractivity contribution in [3.63, 3.8) is 0 Å². The number of hydrogen-bond donors (Lipinski definition) is 1. The number of carbonyl (C=O) groups is 1. The van der Waals surface area contributed by atoms with Gasteiger partial charge in [-0.25, -0.2) is 4.79 Å². The second kappa shape index (κ2) is 7.99. The van der Waals surface area contributed by atoms with Crippen molar-refractivity contribution in [2.75, 3.05) is 13.2 Å². The van der Waals surface area contributed by atoms with E-state index in [-0.39, 0.29) is 19.2 Å². The molecule has 0 saturated heterocycles. The Labute approximate surface area is 147 Å². The molecule has 1 atom stereocenters. The number of aliphatic hydroxyl groups excluding tert-OH is 1. The van der Waals surface area contributed by atoms with E-state index in [4.69, 9.17) is 14.6 Å². The normalized spacial score (nSPS) is 19.5. The zero-order valence-corrected chi connectivity index (χ0v) is 14.1. The highest BCUT2D eigenvalue weighted by Crippen LogP contribution is 2.38. The van der Waals surface area contributed by atoms with Gasteiger partial charge in [-0.2, -0.15) is 0 Å². The van der Waals surface area contributed by atoms with E-state index < -0.39 is 5.60 Å². The quantitative estimate of drug-likeness (QED) is 0.786. The fraction of sp³-hybridized carbons (Fsp3) is 0.286. The largest absolute Gasteiger partial charge is 0.491 e. The van der Waals surface area contributed by atoms with Gasteiger partial charge < -0.3 is 14.6 Å². The molecule has 2 aromatic carbocycles. The average Bonchev–Trinajstić information content (AvgIpc) is 2.66. The predicted molar refractivity (Wildman–Crippen MR) is 95.3 cm³/mol. The van der Waals surface area contributed by atoms with Crippen molar-refractivity contribution in [2.24, 2.45) is 0 Å². The number of esters is 1. The van der Waals surface area contributed by atoms with Crippen LogP contribution in [0.5, 0.6) is 5.75 Å². The number of rotatable bonds is 7. The summed E-state index contributed by atoms with van der Waals surface area (Å²) in [6.45, 7) is 0.237. The molecule has 4 heteroatoms. The highest BCUT2D eigenvalue weighted by Gasteiger charge is 2.36. The summed E-state index contributed by atoms with van der Waals surface area (Å²) in [5, 5.41) is 8.84. The summed E-state index contributed by atoms with van der Waals surface area (Å²) in [5.74, 6) is 0.383. The lowest BCUT2D eigenvalue weighted by Crippen LogP contribution is -2.34. The molecule has 0 bridgehead atoms. The summed E-state index contributed by atoms with van der Waals surface area (Å²) in [4.78, 5) is 11.9. The molecule has 0 radical (unpaired) electrons. The Hall–Kier alpha value is -2.59. The Balaban J connectivity index is 1.81. The van der Waals surface area contributed by atoms with Crippen molar-refractivity contribution in [3.8, 4) is 5.75 Å². The predicted octanol–water partition coefficient (Wildman–Crippen LogP) is 3.39. The number of cyclic esters (lactones) is 1. The molecule has 4 nitrogen and oxygen atoms in total. The second-order valence-electron chi connectivity index (χ2n) is 6.10. The Bertz CT molecular complexity index is 721. The molecule has 1 N–H and O–H groups in total. The smallest absolute Gasteiger partial charge is 0.331 e. The standard InChI is InChI=1S/C21H22O4/c22-15-16-24-19-10-8-18(9-11-19)21(13-4-7-20(23)25-21)14-12-17-5-2-1-3-6-17/h1-11,22H,12-16H2. The molecule has 0 aliphatic carbocycles. The Morgan fingerprint density at radius 3 is 2.52 bits per heavy atom. The SMILES string of the molecule is O=C1C=CCC(CCc2ccccc2)(c2ccc(OCCO)cc2)O1. The van der Waals surface area contributed by atoms with Crippen LogP contribution in [-0.2, 0) is 21.6 Å². The third-order valence-electron chi connectivity index (χ3n) is 4.40. The van der Waals surface area contributed by atoms with Crippen LogP contribution in [0.25, 0.3) is 0 Å². The molecule has 1 heterocycles. The van der Waals surface area contributed by atoms with Crippen LogP contribution < -0.4 is 4.74 Å². The molecular formula is C21H22O4. The summed E-state index contributed by atoms with van der Waals surface area (Å²) in [6, 6.07) is 17.8. The molecular weight excluding hydrogens is 316 g/mol. The zero-order valence-electron chi connectivity index (χ0n) is 14.1. The number of benzene rings is 2. The third-order valence-corrected chi connectivity index (χ3v) is 4.40. The van der Waals surface area contributed by atoms with Crippen LogP contribution >= 0.6 is 0 Å². The molecule has 1 unspecified atom stereocenters. The van der Waals surface area contributed by atoms with Crippen LogP contribution in [0.3, 0.4) is 0 Å². The Kier molecular flexibility index (Phi) is 5.51. The van der Waals surface area contributed by atoms with E-state index in [0.717, 1.165) is 12.0 Å². The zero-order chi connectivity index (χ0) is 17.5. The maximum absolute atomic E-state index is 11.9. The first-order chi connectivity index (χ1) is 12.2. The van der Waals surface area contributed by atoms with E-state index in [1.807, 2.05) is 48.5 Å². The van der Waals surface area contributed by atoms with Crippen LogP contribution in [0.2, 0.25) is 0 Å². The number of aryl methyl sites for hydroxylation is 1. The van der Waals surface area contributed by atoms with Crippen molar-refractivity contribution >= 4 is 5.97 Å². The van der Waals surface area contributed by atoms with Gasteiger partial charge in [-0.05, 0) is 36.1 Å². The molecule has 1 aliphatic heterocycles. The lowest BCUT2D eigenvalue weighted by molar-refractivity contribution is -0.157. The lowest BCUT2D eigenvalue weighted by Gasteiger charge is -2.35. The van der Waals surface area contributed by atoms with E-state index in [1.165, 1.54) is 11.6 Å². The van der Waals surface area contributed by atoms with E-state index in [2.05, 4.69) is 12.1 Å². The van der Waals surface area contributed by atoms with Crippen LogP contribution in [0.1, 0.15) is 24.0 Å². The molecule has 25 heavy (non-hydrogen) atoms. The minimum Gasteiger partial charge on any atom is -0.491 e. The molecule has 0 amide bonds. The van der Waals surface area contributed by atoms with Gasteiger partial charge in [0.15, 0.2) is 0 Å². The van der Waals surface area contributed by atoms with E-state index in [9.17, 15) is 4.79 Å². The molecule has 1 aliphatic rings. The van der Waals surface area contributed by atoms with Gasteiger partial charge in [0.05, 0.1) is 6.61 Å². The first kappa shape index (κ1) is 17.2. The summed E-state index contributed by atoms with van der Waals surface area (Å²) in [5.41, 5.74) is 1.52. The maximum atomic E-state index is 11.9. The molecule has 130 valence electrons. The van der Waals surface area contributed by atoms with Gasteiger partial charge in [-0.1, -0.05) is 48.5 Å². The van der Waals surface area contributed by atoms with Crippen molar-refractivity contribution in [2.45, 2.75) is 24.9 Å². The number of hydrogen-bond acceptors (Lipinski definition) is 4. The highest BCUT2D eigenvalue weighted by molar-refractivity contribution is 5.83. The maximum Gasteiger partial charge on any atom is 0.331 e. The minimum absolute atomic E-state index is 0.0226. The first-order valence-corrected chi connectivity index (χ1v) is 8.49. The van der Waals surface area contributed by atoms with Crippen molar-refractivity contribution in [1.82, 2.24) is 0 Å². The van der Waals surface area contributed by atoms with Gasteiger partial charge >= 0.3 is 5.97 Å². The molecule has 0 spiro atoms. The second-order valence-corrected chi connectivity index (χ2v) is 6.10.